The van der Waals surface area contributed by atoms with Crippen LogP contribution in [0.15, 0.2) is 36.5 Å². The molecular formula is C26H34Cl2N4O2. The molecule has 0 atom stereocenters. The Morgan fingerprint density at radius 1 is 1.15 bits per heavy atom. The molecule has 184 valence electrons. The van der Waals surface area contributed by atoms with Crippen molar-refractivity contribution in [1.29, 1.82) is 0 Å². The van der Waals surface area contributed by atoms with Crippen LogP contribution in [0.25, 0.3) is 0 Å². The van der Waals surface area contributed by atoms with Crippen molar-refractivity contribution >= 4 is 34.9 Å². The van der Waals surface area contributed by atoms with Gasteiger partial charge in [0.15, 0.2) is 0 Å². The summed E-state index contributed by atoms with van der Waals surface area (Å²) in [5, 5.41) is 1.11. The Kier molecular flexibility index (Phi) is 9.20. The summed E-state index contributed by atoms with van der Waals surface area (Å²) in [6.45, 7) is 9.71. The molecule has 2 fully saturated rings. The first-order chi connectivity index (χ1) is 16.5. The molecule has 2 aliphatic heterocycles. The fourth-order valence-electron chi connectivity index (χ4n) is 4.73. The third kappa shape index (κ3) is 6.70. The Balaban J connectivity index is 1.27. The summed E-state index contributed by atoms with van der Waals surface area (Å²) >= 11 is 12.1. The van der Waals surface area contributed by atoms with Crippen LogP contribution in [-0.2, 0) is 16.0 Å². The smallest absolute Gasteiger partial charge is 0.228 e. The van der Waals surface area contributed by atoms with Crippen LogP contribution in [0, 0.1) is 6.92 Å². The van der Waals surface area contributed by atoms with E-state index < -0.39 is 0 Å². The highest BCUT2D eigenvalue weighted by Gasteiger charge is 2.32. The van der Waals surface area contributed by atoms with Gasteiger partial charge < -0.3 is 9.64 Å². The first kappa shape index (κ1) is 25.4. The largest absolute Gasteiger partial charge is 0.379 e. The predicted octanol–water partition coefficient (Wildman–Crippen LogP) is 4.46. The van der Waals surface area contributed by atoms with Crippen LogP contribution in [0.5, 0.6) is 0 Å². The second-order valence-electron chi connectivity index (χ2n) is 9.21. The normalized spacial score (nSPS) is 17.5. The van der Waals surface area contributed by atoms with Crippen molar-refractivity contribution in [2.75, 3.05) is 57.4 Å². The number of likely N-dealkylation sites (tertiary alicyclic amines) is 1. The first-order valence-electron chi connectivity index (χ1n) is 12.2. The van der Waals surface area contributed by atoms with Gasteiger partial charge >= 0.3 is 0 Å². The number of pyridine rings is 1. The first-order valence-corrected chi connectivity index (χ1v) is 13.0. The molecule has 2 saturated heterocycles. The number of rotatable bonds is 10. The van der Waals surface area contributed by atoms with E-state index >= 15 is 0 Å². The lowest BCUT2D eigenvalue weighted by Gasteiger charge is -2.46. The van der Waals surface area contributed by atoms with E-state index in [2.05, 4.69) is 14.8 Å². The van der Waals surface area contributed by atoms with Crippen LogP contribution < -0.4 is 4.90 Å². The summed E-state index contributed by atoms with van der Waals surface area (Å²) in [4.78, 5) is 24.7. The number of aromatic nitrogens is 1. The lowest BCUT2D eigenvalue weighted by molar-refractivity contribution is -0.118. The fraction of sp³-hybridized carbons (Fsp3) is 0.538. The highest BCUT2D eigenvalue weighted by Crippen LogP contribution is 2.24. The predicted molar refractivity (Wildman–Crippen MR) is 138 cm³/mol. The molecule has 1 aromatic carbocycles. The van der Waals surface area contributed by atoms with E-state index in [1.807, 2.05) is 42.2 Å². The number of anilines is 1. The van der Waals surface area contributed by atoms with Crippen LogP contribution in [0.3, 0.4) is 0 Å². The Bertz CT molecular complexity index is 962. The van der Waals surface area contributed by atoms with E-state index in [0.717, 1.165) is 82.1 Å². The Labute approximate surface area is 212 Å². The quantitative estimate of drug-likeness (QED) is 0.477. The van der Waals surface area contributed by atoms with Gasteiger partial charge in [0.25, 0.3) is 0 Å². The third-order valence-corrected chi connectivity index (χ3v) is 7.47. The van der Waals surface area contributed by atoms with Crippen LogP contribution in [0.4, 0.5) is 5.82 Å². The Morgan fingerprint density at radius 2 is 1.94 bits per heavy atom. The molecule has 0 unspecified atom stereocenters. The number of carbonyl (C=O) groups is 1. The molecule has 0 aliphatic carbocycles. The van der Waals surface area contributed by atoms with Crippen LogP contribution in [0.1, 0.15) is 30.4 Å². The van der Waals surface area contributed by atoms with Crippen molar-refractivity contribution < 1.29 is 9.53 Å². The standard InChI is InChI=1S/C26H34Cl2N4O2/c1-20-5-3-10-29-26(20)32(25(33)7-2-6-21-8-9-23(27)24(28)17-21)12-4-11-30-18-22(19-30)31-13-15-34-16-14-31/h3,5,8-10,17,22H,2,4,6-7,11-16,18-19H2,1H3. The zero-order valence-electron chi connectivity index (χ0n) is 19.9. The van der Waals surface area contributed by atoms with Crippen molar-refractivity contribution in [2.45, 2.75) is 38.6 Å². The SMILES string of the molecule is Cc1cccnc1N(CCCN1CC(N2CCOCC2)C1)C(=O)CCCc1ccc(Cl)c(Cl)c1. The van der Waals surface area contributed by atoms with Crippen LogP contribution in [0.2, 0.25) is 10.0 Å². The molecule has 1 amide bonds. The maximum absolute atomic E-state index is 13.2. The number of halogens is 2. The lowest BCUT2D eigenvalue weighted by Crippen LogP contribution is -2.61. The number of benzene rings is 1. The van der Waals surface area contributed by atoms with Crippen molar-refractivity contribution in [3.05, 3.63) is 57.7 Å². The van der Waals surface area contributed by atoms with Crippen LogP contribution in [-0.4, -0.2) is 79.2 Å². The van der Waals surface area contributed by atoms with Gasteiger partial charge in [0.2, 0.25) is 5.91 Å². The van der Waals surface area contributed by atoms with Crippen molar-refractivity contribution in [3.8, 4) is 0 Å². The maximum atomic E-state index is 13.2. The molecule has 0 saturated carbocycles. The third-order valence-electron chi connectivity index (χ3n) is 6.73. The van der Waals surface area contributed by atoms with E-state index in [1.54, 1.807) is 6.20 Å². The van der Waals surface area contributed by atoms with E-state index in [1.165, 1.54) is 0 Å². The minimum absolute atomic E-state index is 0.122. The van der Waals surface area contributed by atoms with Gasteiger partial charge in [-0.1, -0.05) is 35.3 Å². The summed E-state index contributed by atoms with van der Waals surface area (Å²) in [5.41, 5.74) is 2.12. The van der Waals surface area contributed by atoms with Crippen molar-refractivity contribution in [3.63, 3.8) is 0 Å². The molecule has 3 heterocycles. The zero-order chi connectivity index (χ0) is 23.9. The molecule has 1 aromatic heterocycles. The number of hydrogen-bond donors (Lipinski definition) is 0. The number of aryl methyl sites for hydroxylation is 2. The van der Waals surface area contributed by atoms with Gasteiger partial charge in [-0.3, -0.25) is 14.6 Å². The highest BCUT2D eigenvalue weighted by atomic mass is 35.5. The summed E-state index contributed by atoms with van der Waals surface area (Å²) in [6.07, 6.45) is 4.71. The van der Waals surface area contributed by atoms with Gasteiger partial charge in [0, 0.05) is 51.4 Å². The molecule has 2 aliphatic rings. The summed E-state index contributed by atoms with van der Waals surface area (Å²) in [5.74, 6) is 0.897. The molecule has 6 nitrogen and oxygen atoms in total. The number of morpholine rings is 1. The topological polar surface area (TPSA) is 48.9 Å². The number of nitrogens with zero attached hydrogens (tertiary/aromatic N) is 4. The summed E-state index contributed by atoms with van der Waals surface area (Å²) in [6, 6.07) is 10.2. The average molecular weight is 505 g/mol. The van der Waals surface area contributed by atoms with Crippen molar-refractivity contribution in [1.82, 2.24) is 14.8 Å². The summed E-state index contributed by atoms with van der Waals surface area (Å²) in [7, 11) is 0. The average Bonchev–Trinajstić information content (AvgIpc) is 2.81. The van der Waals surface area contributed by atoms with Gasteiger partial charge in [-0.05, 0) is 62.1 Å². The molecule has 4 rings (SSSR count). The molecular weight excluding hydrogens is 471 g/mol. The van der Waals surface area contributed by atoms with Gasteiger partial charge in [0.05, 0.1) is 23.3 Å². The molecule has 0 spiro atoms. The molecule has 8 heteroatoms. The van der Waals surface area contributed by atoms with Crippen LogP contribution >= 0.6 is 23.2 Å². The molecule has 0 N–H and O–H groups in total. The van der Waals surface area contributed by atoms with E-state index in [-0.39, 0.29) is 5.91 Å². The second-order valence-corrected chi connectivity index (χ2v) is 10.0. The van der Waals surface area contributed by atoms with E-state index in [0.29, 0.717) is 29.1 Å². The lowest BCUT2D eigenvalue weighted by atomic mass is 10.1. The molecule has 2 aromatic rings. The van der Waals surface area contributed by atoms with Crippen molar-refractivity contribution in [2.24, 2.45) is 0 Å². The maximum Gasteiger partial charge on any atom is 0.228 e. The van der Waals surface area contributed by atoms with Gasteiger partial charge in [0.1, 0.15) is 5.82 Å². The number of hydrogen-bond acceptors (Lipinski definition) is 5. The highest BCUT2D eigenvalue weighted by molar-refractivity contribution is 6.42. The minimum Gasteiger partial charge on any atom is -0.379 e. The van der Waals surface area contributed by atoms with E-state index in [9.17, 15) is 4.79 Å². The van der Waals surface area contributed by atoms with Gasteiger partial charge in [-0.25, -0.2) is 4.98 Å². The number of carbonyl (C=O) groups excluding carboxylic acids is 1. The van der Waals surface area contributed by atoms with E-state index in [4.69, 9.17) is 27.9 Å². The fourth-order valence-corrected chi connectivity index (χ4v) is 5.05. The minimum atomic E-state index is 0.122. The summed E-state index contributed by atoms with van der Waals surface area (Å²) < 4.78 is 5.46. The second kappa shape index (κ2) is 12.3. The Morgan fingerprint density at radius 3 is 2.68 bits per heavy atom. The zero-order valence-corrected chi connectivity index (χ0v) is 21.4. The van der Waals surface area contributed by atoms with Gasteiger partial charge in [-0.15, -0.1) is 0 Å². The molecule has 0 radical (unpaired) electrons. The van der Waals surface area contributed by atoms with Gasteiger partial charge in [-0.2, -0.15) is 0 Å². The number of ether oxygens (including phenoxy) is 1. The monoisotopic (exact) mass is 504 g/mol. The Hall–Kier alpha value is -1.70. The molecule has 34 heavy (non-hydrogen) atoms. The molecule has 0 bridgehead atoms. The number of amides is 1.